The normalized spacial score (nSPS) is 28.2. The molecule has 0 radical (unpaired) electrons. The fourth-order valence-electron chi connectivity index (χ4n) is 3.37. The van der Waals surface area contributed by atoms with Crippen molar-refractivity contribution >= 4 is 17.7 Å². The molecular formula is C17H19F2N3O3. The van der Waals surface area contributed by atoms with Gasteiger partial charge >= 0.3 is 0 Å². The van der Waals surface area contributed by atoms with Crippen molar-refractivity contribution in [2.45, 2.75) is 24.8 Å². The fourth-order valence-corrected chi connectivity index (χ4v) is 3.37. The van der Waals surface area contributed by atoms with Gasteiger partial charge in [-0.1, -0.05) is 30.3 Å². The molecule has 0 aromatic heterocycles. The van der Waals surface area contributed by atoms with Gasteiger partial charge in [-0.2, -0.15) is 0 Å². The highest BCUT2D eigenvalue weighted by Crippen LogP contribution is 2.45. The van der Waals surface area contributed by atoms with Crippen molar-refractivity contribution in [3.8, 4) is 0 Å². The number of carbonyl (C=O) groups is 3. The van der Waals surface area contributed by atoms with Crippen molar-refractivity contribution in [2.75, 3.05) is 26.2 Å². The monoisotopic (exact) mass is 351 g/mol. The highest BCUT2D eigenvalue weighted by molar-refractivity contribution is 5.93. The molecule has 3 amide bonds. The van der Waals surface area contributed by atoms with Crippen LogP contribution in [0.1, 0.15) is 12.5 Å². The van der Waals surface area contributed by atoms with Gasteiger partial charge in [0.05, 0.1) is 26.2 Å². The predicted octanol–water partition coefficient (Wildman–Crippen LogP) is 0.424. The average molecular weight is 351 g/mol. The summed E-state index contributed by atoms with van der Waals surface area (Å²) in [6, 6.07) is 8.95. The molecule has 2 atom stereocenters. The first-order valence-electron chi connectivity index (χ1n) is 7.98. The van der Waals surface area contributed by atoms with Crippen LogP contribution >= 0.6 is 0 Å². The third-order valence-corrected chi connectivity index (χ3v) is 4.69. The summed E-state index contributed by atoms with van der Waals surface area (Å²) in [6.07, 6.45) is 0. The lowest BCUT2D eigenvalue weighted by atomic mass is 9.93. The van der Waals surface area contributed by atoms with Gasteiger partial charge in [0, 0.05) is 13.5 Å². The zero-order chi connectivity index (χ0) is 18.2. The van der Waals surface area contributed by atoms with Gasteiger partial charge in [-0.05, 0) is 5.56 Å². The highest BCUT2D eigenvalue weighted by Gasteiger charge is 2.71. The average Bonchev–Trinajstić information content (AvgIpc) is 2.93. The predicted molar refractivity (Wildman–Crippen MR) is 84.8 cm³/mol. The number of nitrogens with one attached hydrogen (secondary N) is 1. The Balaban J connectivity index is 1.71. The van der Waals surface area contributed by atoms with Crippen LogP contribution in [0.4, 0.5) is 8.78 Å². The molecule has 0 bridgehead atoms. The minimum absolute atomic E-state index is 0.122. The molecule has 134 valence electrons. The Bertz CT molecular complexity index is 714. The van der Waals surface area contributed by atoms with Gasteiger partial charge in [0.1, 0.15) is 0 Å². The summed E-state index contributed by atoms with van der Waals surface area (Å²) in [5.74, 6) is -1.96. The number of likely N-dealkylation sites (tertiary alicyclic amines) is 2. The van der Waals surface area contributed by atoms with E-state index in [-0.39, 0.29) is 13.1 Å². The van der Waals surface area contributed by atoms with Crippen molar-refractivity contribution in [1.29, 1.82) is 0 Å². The summed E-state index contributed by atoms with van der Waals surface area (Å²) in [5, 5.41) is 2.30. The number of rotatable bonds is 4. The molecule has 1 N–H and O–H groups in total. The first-order valence-corrected chi connectivity index (χ1v) is 7.98. The molecule has 0 unspecified atom stereocenters. The van der Waals surface area contributed by atoms with Crippen LogP contribution in [0.2, 0.25) is 0 Å². The number of alkyl halides is 2. The number of benzene rings is 1. The van der Waals surface area contributed by atoms with E-state index >= 15 is 8.78 Å². The van der Waals surface area contributed by atoms with Gasteiger partial charge in [0.2, 0.25) is 17.5 Å². The zero-order valence-corrected chi connectivity index (χ0v) is 13.8. The summed E-state index contributed by atoms with van der Waals surface area (Å²) < 4.78 is 30.4. The Morgan fingerprint density at radius 1 is 1.16 bits per heavy atom. The van der Waals surface area contributed by atoms with Gasteiger partial charge in [0.15, 0.2) is 5.67 Å². The lowest BCUT2D eigenvalue weighted by Crippen LogP contribution is -2.47. The molecule has 25 heavy (non-hydrogen) atoms. The van der Waals surface area contributed by atoms with Crippen molar-refractivity contribution < 1.29 is 23.2 Å². The quantitative estimate of drug-likeness (QED) is 0.855. The van der Waals surface area contributed by atoms with Crippen molar-refractivity contribution in [1.82, 2.24) is 15.1 Å². The number of hydrogen-bond donors (Lipinski definition) is 1. The maximum absolute atomic E-state index is 15.2. The van der Waals surface area contributed by atoms with Crippen molar-refractivity contribution in [3.63, 3.8) is 0 Å². The van der Waals surface area contributed by atoms with Crippen molar-refractivity contribution in [3.05, 3.63) is 35.9 Å². The summed E-state index contributed by atoms with van der Waals surface area (Å²) in [7, 11) is 0. The maximum Gasteiger partial charge on any atom is 0.266 e. The van der Waals surface area contributed by atoms with Crippen LogP contribution < -0.4 is 5.32 Å². The fraction of sp³-hybridized carbons (Fsp3) is 0.471. The van der Waals surface area contributed by atoms with Crippen molar-refractivity contribution in [2.24, 2.45) is 0 Å². The summed E-state index contributed by atoms with van der Waals surface area (Å²) in [4.78, 5) is 37.4. The molecule has 2 saturated heterocycles. The number of nitrogens with zero attached hydrogens (tertiary/aromatic N) is 2. The molecule has 2 heterocycles. The maximum atomic E-state index is 15.2. The molecule has 2 fully saturated rings. The van der Waals surface area contributed by atoms with E-state index in [1.165, 1.54) is 6.92 Å². The van der Waals surface area contributed by atoms with Crippen LogP contribution in [0.5, 0.6) is 0 Å². The first-order chi connectivity index (χ1) is 11.7. The first kappa shape index (κ1) is 17.3. The third kappa shape index (κ3) is 2.96. The van der Waals surface area contributed by atoms with E-state index in [0.29, 0.717) is 0 Å². The molecule has 6 nitrogen and oxygen atoms in total. The standard InChI is InChI=1S/C17H19F2N3O3/c1-12(23)20-7-14(24)22-10-16(18)9-21(15(25)17(16,19)11-22)8-13-5-3-2-4-6-13/h2-6H,7-11H2,1H3,(H,20,23)/t16-,17-/m1/s1. The smallest absolute Gasteiger partial charge is 0.266 e. The second-order valence-electron chi connectivity index (χ2n) is 6.57. The second kappa shape index (κ2) is 6.09. The Labute approximate surface area is 143 Å². The van der Waals surface area contributed by atoms with Crippen LogP contribution in [-0.2, 0) is 20.9 Å². The zero-order valence-electron chi connectivity index (χ0n) is 13.8. The van der Waals surface area contributed by atoms with E-state index in [1.54, 1.807) is 24.3 Å². The molecule has 1 aromatic carbocycles. The van der Waals surface area contributed by atoms with E-state index < -0.39 is 48.7 Å². The van der Waals surface area contributed by atoms with Crippen LogP contribution in [0, 0.1) is 0 Å². The number of fused-ring (bicyclic) bond motifs is 1. The molecule has 8 heteroatoms. The SMILES string of the molecule is CC(=O)NCC(=O)N1C[C@]2(F)CN(Cc3ccccc3)C(=O)[C@]2(F)C1. The molecule has 0 saturated carbocycles. The summed E-state index contributed by atoms with van der Waals surface area (Å²) >= 11 is 0. The minimum atomic E-state index is -2.74. The van der Waals surface area contributed by atoms with E-state index in [2.05, 4.69) is 5.32 Å². The third-order valence-electron chi connectivity index (χ3n) is 4.69. The lowest BCUT2D eigenvalue weighted by Gasteiger charge is -2.22. The largest absolute Gasteiger partial charge is 0.347 e. The summed E-state index contributed by atoms with van der Waals surface area (Å²) in [5.41, 5.74) is -4.40. The second-order valence-corrected chi connectivity index (χ2v) is 6.57. The Hall–Kier alpha value is -2.51. The van der Waals surface area contributed by atoms with E-state index in [0.717, 1.165) is 15.4 Å². The molecule has 1 aromatic rings. The number of halogens is 2. The molecule has 0 spiro atoms. The van der Waals surface area contributed by atoms with Gasteiger partial charge in [-0.3, -0.25) is 14.4 Å². The summed E-state index contributed by atoms with van der Waals surface area (Å²) in [6.45, 7) is -0.517. The molecule has 2 aliphatic rings. The Morgan fingerprint density at radius 3 is 2.44 bits per heavy atom. The number of carbonyl (C=O) groups excluding carboxylic acids is 3. The van der Waals surface area contributed by atoms with Gasteiger partial charge in [-0.15, -0.1) is 0 Å². The van der Waals surface area contributed by atoms with Gasteiger partial charge < -0.3 is 15.1 Å². The van der Waals surface area contributed by atoms with Crippen LogP contribution in [0.15, 0.2) is 30.3 Å². The Morgan fingerprint density at radius 2 is 1.84 bits per heavy atom. The number of amides is 3. The van der Waals surface area contributed by atoms with E-state index in [1.807, 2.05) is 6.07 Å². The number of hydrogen-bond acceptors (Lipinski definition) is 3. The Kier molecular flexibility index (Phi) is 4.22. The topological polar surface area (TPSA) is 69.7 Å². The van der Waals surface area contributed by atoms with E-state index in [9.17, 15) is 14.4 Å². The molecule has 2 aliphatic heterocycles. The van der Waals surface area contributed by atoms with E-state index in [4.69, 9.17) is 0 Å². The molecule has 0 aliphatic carbocycles. The van der Waals surface area contributed by atoms with Crippen LogP contribution in [0.3, 0.4) is 0 Å². The van der Waals surface area contributed by atoms with Crippen LogP contribution in [-0.4, -0.2) is 65.0 Å². The highest BCUT2D eigenvalue weighted by atomic mass is 19.2. The minimum Gasteiger partial charge on any atom is -0.347 e. The van der Waals surface area contributed by atoms with Gasteiger partial charge in [-0.25, -0.2) is 8.78 Å². The lowest BCUT2D eigenvalue weighted by molar-refractivity contribution is -0.140. The van der Waals surface area contributed by atoms with Gasteiger partial charge in [0.25, 0.3) is 5.91 Å². The molecular weight excluding hydrogens is 332 g/mol. The molecule has 3 rings (SSSR count). The van der Waals surface area contributed by atoms with Crippen LogP contribution in [0.25, 0.3) is 0 Å².